The lowest BCUT2D eigenvalue weighted by atomic mass is 10.3. The van der Waals surface area contributed by atoms with Crippen LogP contribution in [0.25, 0.3) is 0 Å². The number of nitrogens with one attached hydrogen (secondary N) is 1. The van der Waals surface area contributed by atoms with Crippen LogP contribution in [0.2, 0.25) is 0 Å². The Morgan fingerprint density at radius 1 is 1.47 bits per heavy atom. The van der Waals surface area contributed by atoms with Crippen molar-refractivity contribution >= 4 is 23.4 Å². The molecule has 0 saturated carbocycles. The van der Waals surface area contributed by atoms with Gasteiger partial charge in [-0.2, -0.15) is 0 Å². The standard InChI is InChI=1S/C13H19NO2S/c1-3-4-9-17-10(2)13(16)14-11-7-5-6-8-12(11)15/h5-8,10,15H,3-4,9H2,1-2H3,(H,14,16). The lowest BCUT2D eigenvalue weighted by Gasteiger charge is -2.12. The highest BCUT2D eigenvalue weighted by atomic mass is 32.2. The van der Waals surface area contributed by atoms with Crippen LogP contribution in [0.1, 0.15) is 26.7 Å². The van der Waals surface area contributed by atoms with Gasteiger partial charge in [-0.1, -0.05) is 25.5 Å². The second-order valence-corrected chi connectivity index (χ2v) is 5.32. The zero-order valence-electron chi connectivity index (χ0n) is 10.3. The van der Waals surface area contributed by atoms with E-state index in [0.717, 1.165) is 18.6 Å². The summed E-state index contributed by atoms with van der Waals surface area (Å²) in [7, 11) is 0. The molecule has 4 heteroatoms. The molecule has 1 unspecified atom stereocenters. The van der Waals surface area contributed by atoms with Gasteiger partial charge in [-0.15, -0.1) is 11.8 Å². The summed E-state index contributed by atoms with van der Waals surface area (Å²) >= 11 is 1.64. The first-order chi connectivity index (χ1) is 8.15. The van der Waals surface area contributed by atoms with Crippen LogP contribution in [-0.4, -0.2) is 22.0 Å². The van der Waals surface area contributed by atoms with E-state index < -0.39 is 0 Å². The molecule has 3 nitrogen and oxygen atoms in total. The number of amides is 1. The number of rotatable bonds is 6. The highest BCUT2D eigenvalue weighted by molar-refractivity contribution is 8.00. The Kier molecular flexibility index (Phi) is 5.91. The molecular weight excluding hydrogens is 234 g/mol. The summed E-state index contributed by atoms with van der Waals surface area (Å²) in [6.45, 7) is 4.02. The molecular formula is C13H19NO2S. The molecule has 1 rings (SSSR count). The number of para-hydroxylation sites is 2. The number of carbonyl (C=O) groups excluding carboxylic acids is 1. The van der Waals surface area contributed by atoms with Crippen LogP contribution >= 0.6 is 11.8 Å². The predicted octanol–water partition coefficient (Wildman–Crippen LogP) is 3.25. The topological polar surface area (TPSA) is 49.3 Å². The molecule has 0 saturated heterocycles. The van der Waals surface area contributed by atoms with Gasteiger partial charge in [0.05, 0.1) is 10.9 Å². The molecule has 0 bridgehead atoms. The first-order valence-corrected chi connectivity index (χ1v) is 6.90. The highest BCUT2D eigenvalue weighted by Gasteiger charge is 2.14. The van der Waals surface area contributed by atoms with Crippen molar-refractivity contribution in [2.45, 2.75) is 31.9 Å². The van der Waals surface area contributed by atoms with Crippen LogP contribution in [0.4, 0.5) is 5.69 Å². The number of hydrogen-bond donors (Lipinski definition) is 2. The van der Waals surface area contributed by atoms with Gasteiger partial charge >= 0.3 is 0 Å². The Balaban J connectivity index is 2.46. The lowest BCUT2D eigenvalue weighted by Crippen LogP contribution is -2.22. The van der Waals surface area contributed by atoms with E-state index in [-0.39, 0.29) is 16.9 Å². The molecule has 94 valence electrons. The maximum Gasteiger partial charge on any atom is 0.237 e. The fourth-order valence-corrected chi connectivity index (χ4v) is 2.31. The van der Waals surface area contributed by atoms with Crippen molar-refractivity contribution in [3.8, 4) is 5.75 Å². The van der Waals surface area contributed by atoms with E-state index in [4.69, 9.17) is 0 Å². The number of hydrogen-bond acceptors (Lipinski definition) is 3. The third kappa shape index (κ3) is 4.69. The molecule has 17 heavy (non-hydrogen) atoms. The Morgan fingerprint density at radius 3 is 2.82 bits per heavy atom. The van der Waals surface area contributed by atoms with Crippen molar-refractivity contribution in [1.82, 2.24) is 0 Å². The highest BCUT2D eigenvalue weighted by Crippen LogP contribution is 2.23. The van der Waals surface area contributed by atoms with E-state index in [9.17, 15) is 9.90 Å². The molecule has 2 N–H and O–H groups in total. The fraction of sp³-hybridized carbons (Fsp3) is 0.462. The maximum atomic E-state index is 11.8. The summed E-state index contributed by atoms with van der Waals surface area (Å²) in [5, 5.41) is 12.2. The van der Waals surface area contributed by atoms with Crippen LogP contribution in [0.5, 0.6) is 5.75 Å². The van der Waals surface area contributed by atoms with Crippen LogP contribution in [0.15, 0.2) is 24.3 Å². The molecule has 0 aliphatic heterocycles. The smallest absolute Gasteiger partial charge is 0.237 e. The number of phenols is 1. The number of thioether (sulfide) groups is 1. The average molecular weight is 253 g/mol. The molecule has 0 radical (unpaired) electrons. The summed E-state index contributed by atoms with van der Waals surface area (Å²) in [5.41, 5.74) is 0.473. The largest absolute Gasteiger partial charge is 0.506 e. The van der Waals surface area contributed by atoms with Crippen LogP contribution < -0.4 is 5.32 Å². The summed E-state index contributed by atoms with van der Waals surface area (Å²) in [5.74, 6) is 1.03. The maximum absolute atomic E-state index is 11.8. The minimum Gasteiger partial charge on any atom is -0.506 e. The average Bonchev–Trinajstić information content (AvgIpc) is 2.32. The number of aromatic hydroxyl groups is 1. The lowest BCUT2D eigenvalue weighted by molar-refractivity contribution is -0.115. The summed E-state index contributed by atoms with van der Waals surface area (Å²) < 4.78 is 0. The number of unbranched alkanes of at least 4 members (excludes halogenated alkanes) is 1. The summed E-state index contributed by atoms with van der Waals surface area (Å²) in [6, 6.07) is 6.76. The van der Waals surface area contributed by atoms with Crippen molar-refractivity contribution in [3.63, 3.8) is 0 Å². The van der Waals surface area contributed by atoms with Crippen molar-refractivity contribution < 1.29 is 9.90 Å². The third-order valence-corrected chi connectivity index (χ3v) is 3.64. The molecule has 1 atom stereocenters. The molecule has 0 aromatic heterocycles. The number of phenolic OH excluding ortho intramolecular Hbond substituents is 1. The Morgan fingerprint density at radius 2 is 2.18 bits per heavy atom. The molecule has 0 aliphatic rings. The van der Waals surface area contributed by atoms with Gasteiger partial charge in [0.15, 0.2) is 0 Å². The normalized spacial score (nSPS) is 12.1. The molecule has 0 aliphatic carbocycles. The molecule has 0 fully saturated rings. The van der Waals surface area contributed by atoms with Crippen LogP contribution in [0.3, 0.4) is 0 Å². The van der Waals surface area contributed by atoms with Crippen LogP contribution in [0, 0.1) is 0 Å². The van der Waals surface area contributed by atoms with E-state index in [1.54, 1.807) is 36.0 Å². The third-order valence-electron chi connectivity index (χ3n) is 2.40. The van der Waals surface area contributed by atoms with E-state index in [0.29, 0.717) is 5.69 Å². The van der Waals surface area contributed by atoms with Gasteiger partial charge in [-0.05, 0) is 31.2 Å². The van der Waals surface area contributed by atoms with Gasteiger partial charge in [0, 0.05) is 0 Å². The number of anilines is 1. The van der Waals surface area contributed by atoms with E-state index in [1.165, 1.54) is 0 Å². The van der Waals surface area contributed by atoms with Gasteiger partial charge in [0.1, 0.15) is 5.75 Å². The van der Waals surface area contributed by atoms with E-state index >= 15 is 0 Å². The second kappa shape index (κ2) is 7.22. The summed E-state index contributed by atoms with van der Waals surface area (Å²) in [6.07, 6.45) is 2.26. The van der Waals surface area contributed by atoms with Crippen LogP contribution in [-0.2, 0) is 4.79 Å². The quantitative estimate of drug-likeness (QED) is 0.604. The molecule has 0 heterocycles. The van der Waals surface area contributed by atoms with Crippen molar-refractivity contribution in [1.29, 1.82) is 0 Å². The first kappa shape index (κ1) is 13.9. The van der Waals surface area contributed by atoms with Crippen molar-refractivity contribution in [3.05, 3.63) is 24.3 Å². The number of benzene rings is 1. The first-order valence-electron chi connectivity index (χ1n) is 5.85. The van der Waals surface area contributed by atoms with Crippen molar-refractivity contribution in [2.75, 3.05) is 11.1 Å². The SMILES string of the molecule is CCCCSC(C)C(=O)Nc1ccccc1O. The monoisotopic (exact) mass is 253 g/mol. The second-order valence-electron chi connectivity index (χ2n) is 3.87. The summed E-state index contributed by atoms with van der Waals surface area (Å²) in [4.78, 5) is 11.8. The Hall–Kier alpha value is -1.16. The minimum absolute atomic E-state index is 0.0624. The fourth-order valence-electron chi connectivity index (χ4n) is 1.29. The van der Waals surface area contributed by atoms with Gasteiger partial charge in [0.2, 0.25) is 5.91 Å². The zero-order chi connectivity index (χ0) is 12.7. The zero-order valence-corrected chi connectivity index (χ0v) is 11.1. The predicted molar refractivity (Wildman–Crippen MR) is 73.6 cm³/mol. The molecule has 1 aromatic carbocycles. The molecule has 1 amide bonds. The van der Waals surface area contributed by atoms with Gasteiger partial charge in [0.25, 0.3) is 0 Å². The molecule has 0 spiro atoms. The van der Waals surface area contributed by atoms with Gasteiger partial charge in [-0.3, -0.25) is 4.79 Å². The Labute approximate surface area is 107 Å². The minimum atomic E-state index is -0.0962. The van der Waals surface area contributed by atoms with Crippen molar-refractivity contribution in [2.24, 2.45) is 0 Å². The number of carbonyl (C=O) groups is 1. The Bertz CT molecular complexity index is 368. The van der Waals surface area contributed by atoms with Gasteiger partial charge < -0.3 is 10.4 Å². The molecule has 1 aromatic rings. The van der Waals surface area contributed by atoms with Gasteiger partial charge in [-0.25, -0.2) is 0 Å². The van der Waals surface area contributed by atoms with E-state index in [1.807, 2.05) is 6.92 Å². The van der Waals surface area contributed by atoms with E-state index in [2.05, 4.69) is 12.2 Å².